The number of carbonyl (C=O) groups excluding carboxylic acids is 2. The Morgan fingerprint density at radius 3 is 2.26 bits per heavy atom. The van der Waals surface area contributed by atoms with Gasteiger partial charge in [0.15, 0.2) is 0 Å². The van der Waals surface area contributed by atoms with E-state index in [1.165, 1.54) is 0 Å². The molecule has 0 atom stereocenters. The van der Waals surface area contributed by atoms with Gasteiger partial charge in [0, 0.05) is 5.69 Å². The Balaban J connectivity index is 2.54. The largest absolute Gasteiger partial charge is 0.468 e. The third-order valence-electron chi connectivity index (χ3n) is 2.09. The number of anilines is 1. The summed E-state index contributed by atoms with van der Waals surface area (Å²) in [6.07, 6.45) is -4.42. The van der Waals surface area contributed by atoms with Gasteiger partial charge in [0.1, 0.15) is 6.54 Å². The first-order chi connectivity index (χ1) is 8.82. The van der Waals surface area contributed by atoms with E-state index in [0.717, 1.165) is 31.4 Å². The molecule has 5 nitrogen and oxygen atoms in total. The molecule has 1 rings (SSSR count). The molecular formula is C11H11F3N2O3. The van der Waals surface area contributed by atoms with Gasteiger partial charge < -0.3 is 15.4 Å². The maximum atomic E-state index is 12.3. The Morgan fingerprint density at radius 2 is 1.79 bits per heavy atom. The third-order valence-corrected chi connectivity index (χ3v) is 2.09. The van der Waals surface area contributed by atoms with E-state index in [9.17, 15) is 22.8 Å². The molecule has 0 radical (unpaired) electrons. The Labute approximate surface area is 106 Å². The topological polar surface area (TPSA) is 67.4 Å². The number of amides is 2. The number of urea groups is 1. The van der Waals surface area contributed by atoms with Crippen LogP contribution in [0.1, 0.15) is 5.56 Å². The SMILES string of the molecule is COC(=O)CNC(=O)Nc1ccc(C(F)(F)F)cc1. The summed E-state index contributed by atoms with van der Waals surface area (Å²) in [5.41, 5.74) is -0.636. The third kappa shape index (κ3) is 4.86. The summed E-state index contributed by atoms with van der Waals surface area (Å²) in [4.78, 5) is 22.0. The van der Waals surface area contributed by atoms with E-state index in [-0.39, 0.29) is 12.2 Å². The van der Waals surface area contributed by atoms with Crippen molar-refractivity contribution >= 4 is 17.7 Å². The zero-order valence-corrected chi connectivity index (χ0v) is 9.88. The van der Waals surface area contributed by atoms with Crippen molar-refractivity contribution < 1.29 is 27.5 Å². The fourth-order valence-electron chi connectivity index (χ4n) is 1.14. The first kappa shape index (κ1) is 14.8. The van der Waals surface area contributed by atoms with Gasteiger partial charge in [0.25, 0.3) is 0 Å². The molecule has 0 fully saturated rings. The van der Waals surface area contributed by atoms with E-state index < -0.39 is 23.7 Å². The molecule has 0 bridgehead atoms. The molecule has 2 N–H and O–H groups in total. The van der Waals surface area contributed by atoms with Crippen molar-refractivity contribution in [3.8, 4) is 0 Å². The van der Waals surface area contributed by atoms with E-state index in [4.69, 9.17) is 0 Å². The van der Waals surface area contributed by atoms with Gasteiger partial charge in [0.2, 0.25) is 0 Å². The van der Waals surface area contributed by atoms with E-state index in [0.29, 0.717) is 0 Å². The maximum Gasteiger partial charge on any atom is 0.416 e. The maximum absolute atomic E-state index is 12.3. The number of ether oxygens (including phenoxy) is 1. The minimum absolute atomic E-state index is 0.176. The number of rotatable bonds is 3. The van der Waals surface area contributed by atoms with Gasteiger partial charge in [-0.15, -0.1) is 0 Å². The highest BCUT2D eigenvalue weighted by Crippen LogP contribution is 2.29. The lowest BCUT2D eigenvalue weighted by Gasteiger charge is -2.09. The lowest BCUT2D eigenvalue weighted by molar-refractivity contribution is -0.139. The van der Waals surface area contributed by atoms with Crippen LogP contribution in [0.25, 0.3) is 0 Å². The first-order valence-electron chi connectivity index (χ1n) is 5.12. The molecule has 1 aromatic rings. The number of benzene rings is 1. The smallest absolute Gasteiger partial charge is 0.416 e. The second-order valence-electron chi connectivity index (χ2n) is 3.46. The standard InChI is InChI=1S/C11H11F3N2O3/c1-19-9(17)6-15-10(18)16-8-4-2-7(3-5-8)11(12,13)14/h2-5H,6H2,1H3,(H2,15,16,18). The number of methoxy groups -OCH3 is 1. The van der Waals surface area contributed by atoms with Crippen LogP contribution >= 0.6 is 0 Å². The molecule has 0 aromatic heterocycles. The van der Waals surface area contributed by atoms with E-state index >= 15 is 0 Å². The summed E-state index contributed by atoms with van der Waals surface area (Å²) < 4.78 is 41.1. The number of alkyl halides is 3. The molecule has 0 saturated heterocycles. The average molecular weight is 276 g/mol. The van der Waals surface area contributed by atoms with Crippen LogP contribution in [0.3, 0.4) is 0 Å². The molecular weight excluding hydrogens is 265 g/mol. The molecule has 8 heteroatoms. The van der Waals surface area contributed by atoms with Gasteiger partial charge in [0.05, 0.1) is 12.7 Å². The van der Waals surface area contributed by atoms with E-state index in [1.807, 2.05) is 0 Å². The molecule has 0 heterocycles. The van der Waals surface area contributed by atoms with Gasteiger partial charge in [-0.25, -0.2) is 4.79 Å². The summed E-state index contributed by atoms with van der Waals surface area (Å²) in [6, 6.07) is 3.19. The van der Waals surface area contributed by atoms with Crippen molar-refractivity contribution in [2.75, 3.05) is 19.0 Å². The summed E-state index contributed by atoms with van der Waals surface area (Å²) in [7, 11) is 1.16. The zero-order valence-electron chi connectivity index (χ0n) is 9.88. The second kappa shape index (κ2) is 6.07. The Bertz CT molecular complexity index is 457. The minimum atomic E-state index is -4.42. The molecule has 0 spiro atoms. The number of hydrogen-bond donors (Lipinski definition) is 2. The Hall–Kier alpha value is -2.25. The average Bonchev–Trinajstić information content (AvgIpc) is 2.35. The quantitative estimate of drug-likeness (QED) is 0.830. The van der Waals surface area contributed by atoms with Crippen molar-refractivity contribution in [3.05, 3.63) is 29.8 Å². The van der Waals surface area contributed by atoms with Crippen molar-refractivity contribution in [2.24, 2.45) is 0 Å². The molecule has 2 amide bonds. The fourth-order valence-corrected chi connectivity index (χ4v) is 1.14. The second-order valence-corrected chi connectivity index (χ2v) is 3.46. The highest BCUT2D eigenvalue weighted by atomic mass is 19.4. The molecule has 19 heavy (non-hydrogen) atoms. The highest BCUT2D eigenvalue weighted by molar-refractivity contribution is 5.91. The van der Waals surface area contributed by atoms with E-state index in [2.05, 4.69) is 15.4 Å². The van der Waals surface area contributed by atoms with Gasteiger partial charge >= 0.3 is 18.2 Å². The van der Waals surface area contributed by atoms with Crippen molar-refractivity contribution in [2.45, 2.75) is 6.18 Å². The van der Waals surface area contributed by atoms with Crippen LogP contribution in [0, 0.1) is 0 Å². The number of esters is 1. The molecule has 1 aromatic carbocycles. The molecule has 0 aliphatic carbocycles. The number of halogens is 3. The Kier molecular flexibility index (Phi) is 4.74. The van der Waals surface area contributed by atoms with Crippen LogP contribution in [0.4, 0.5) is 23.7 Å². The van der Waals surface area contributed by atoms with Crippen LogP contribution in [-0.4, -0.2) is 25.7 Å². The molecule has 104 valence electrons. The number of carbonyl (C=O) groups is 2. The fraction of sp³-hybridized carbons (Fsp3) is 0.273. The number of nitrogens with one attached hydrogen (secondary N) is 2. The predicted octanol–water partition coefficient (Wildman–Crippen LogP) is 2.00. The molecule has 0 unspecified atom stereocenters. The highest BCUT2D eigenvalue weighted by Gasteiger charge is 2.29. The van der Waals surface area contributed by atoms with Gasteiger partial charge in [-0.2, -0.15) is 13.2 Å². The van der Waals surface area contributed by atoms with Gasteiger partial charge in [-0.1, -0.05) is 0 Å². The van der Waals surface area contributed by atoms with Crippen molar-refractivity contribution in [3.63, 3.8) is 0 Å². The summed E-state index contributed by atoms with van der Waals surface area (Å²) in [5.74, 6) is -0.637. The van der Waals surface area contributed by atoms with Crippen molar-refractivity contribution in [1.29, 1.82) is 0 Å². The van der Waals surface area contributed by atoms with Crippen molar-refractivity contribution in [1.82, 2.24) is 5.32 Å². The lowest BCUT2D eigenvalue weighted by Crippen LogP contribution is -2.33. The molecule has 0 aliphatic heterocycles. The van der Waals surface area contributed by atoms with Crippen LogP contribution < -0.4 is 10.6 Å². The van der Waals surface area contributed by atoms with Gasteiger partial charge in [-0.3, -0.25) is 4.79 Å². The minimum Gasteiger partial charge on any atom is -0.468 e. The van der Waals surface area contributed by atoms with Crippen LogP contribution in [0.5, 0.6) is 0 Å². The zero-order chi connectivity index (χ0) is 14.5. The summed E-state index contributed by atoms with van der Waals surface area (Å²) in [6.45, 7) is -0.330. The predicted molar refractivity (Wildman–Crippen MR) is 60.5 cm³/mol. The van der Waals surface area contributed by atoms with Gasteiger partial charge in [-0.05, 0) is 24.3 Å². The number of hydrogen-bond acceptors (Lipinski definition) is 3. The van der Waals surface area contributed by atoms with Crippen LogP contribution in [0.15, 0.2) is 24.3 Å². The van der Waals surface area contributed by atoms with E-state index in [1.54, 1.807) is 0 Å². The first-order valence-corrected chi connectivity index (χ1v) is 5.12. The lowest BCUT2D eigenvalue weighted by atomic mass is 10.2. The summed E-state index contributed by atoms with van der Waals surface area (Å²) in [5, 5.41) is 4.45. The van der Waals surface area contributed by atoms with Crippen LogP contribution in [0.2, 0.25) is 0 Å². The normalized spacial score (nSPS) is 10.7. The van der Waals surface area contributed by atoms with Crippen LogP contribution in [-0.2, 0) is 15.7 Å². The Morgan fingerprint density at radius 1 is 1.21 bits per heavy atom. The molecule has 0 saturated carbocycles. The summed E-state index contributed by atoms with van der Waals surface area (Å²) >= 11 is 0. The monoisotopic (exact) mass is 276 g/mol. The molecule has 0 aliphatic rings.